The van der Waals surface area contributed by atoms with Gasteiger partial charge in [-0.3, -0.25) is 4.98 Å². The van der Waals surface area contributed by atoms with Crippen molar-refractivity contribution < 1.29 is 0 Å². The number of hydrogen-bond donors (Lipinski definition) is 2. The topological polar surface area (TPSA) is 62.7 Å². The normalized spacial score (nSPS) is 19.5. The van der Waals surface area contributed by atoms with Gasteiger partial charge in [-0.15, -0.1) is 11.3 Å². The highest BCUT2D eigenvalue weighted by Gasteiger charge is 2.37. The summed E-state index contributed by atoms with van der Waals surface area (Å²) in [6, 6.07) is 8.29. The van der Waals surface area contributed by atoms with E-state index < -0.39 is 0 Å². The number of nitrogens with one attached hydrogen (secondary N) is 2. The first-order valence-corrected chi connectivity index (χ1v) is 9.92. The fourth-order valence-electron chi connectivity index (χ4n) is 4.19. The molecular weight excluding hydrogens is 342 g/mol. The number of aromatic nitrogens is 3. The van der Waals surface area contributed by atoms with Gasteiger partial charge in [0.25, 0.3) is 0 Å². The van der Waals surface area contributed by atoms with Gasteiger partial charge in [-0.25, -0.2) is 9.97 Å². The van der Waals surface area contributed by atoms with Crippen LogP contribution in [0.2, 0.25) is 0 Å². The van der Waals surface area contributed by atoms with Crippen molar-refractivity contribution in [3.8, 4) is 11.5 Å². The number of thiophene rings is 1. The van der Waals surface area contributed by atoms with Gasteiger partial charge in [0.05, 0.1) is 5.39 Å². The molecule has 0 amide bonds. The maximum absolute atomic E-state index is 4.83. The molecule has 4 rings (SSSR count). The van der Waals surface area contributed by atoms with Crippen LogP contribution in [0.4, 0.5) is 5.82 Å². The lowest BCUT2D eigenvalue weighted by Crippen LogP contribution is -2.60. The molecule has 2 N–H and O–H groups in total. The SMILES string of the molecule is CC1(C)CC(Nc2nc(-c3ccccn3)nc3sccc23)CC(C)(C)N1. The Bertz CT molecular complexity index is 900. The van der Waals surface area contributed by atoms with Gasteiger partial charge in [0, 0.05) is 23.3 Å². The molecule has 0 bridgehead atoms. The number of anilines is 1. The van der Waals surface area contributed by atoms with E-state index in [1.807, 2.05) is 18.2 Å². The van der Waals surface area contributed by atoms with Crippen LogP contribution >= 0.6 is 11.3 Å². The van der Waals surface area contributed by atoms with Gasteiger partial charge in [0.15, 0.2) is 5.82 Å². The molecule has 3 aromatic rings. The lowest BCUT2D eigenvalue weighted by atomic mass is 9.79. The Kier molecular flexibility index (Phi) is 4.20. The zero-order chi connectivity index (χ0) is 18.4. The number of piperidine rings is 1. The van der Waals surface area contributed by atoms with Gasteiger partial charge in [-0.1, -0.05) is 6.07 Å². The Morgan fingerprint density at radius 1 is 1.08 bits per heavy atom. The molecule has 1 saturated heterocycles. The number of hydrogen-bond acceptors (Lipinski definition) is 6. The molecule has 136 valence electrons. The Balaban J connectivity index is 1.71. The van der Waals surface area contributed by atoms with Crippen molar-refractivity contribution in [2.45, 2.75) is 57.7 Å². The Morgan fingerprint density at radius 3 is 2.54 bits per heavy atom. The van der Waals surface area contributed by atoms with Gasteiger partial charge >= 0.3 is 0 Å². The van der Waals surface area contributed by atoms with Crippen LogP contribution in [0.5, 0.6) is 0 Å². The fraction of sp³-hybridized carbons (Fsp3) is 0.450. The minimum atomic E-state index is 0.0873. The summed E-state index contributed by atoms with van der Waals surface area (Å²) in [5.74, 6) is 1.59. The fourth-order valence-corrected chi connectivity index (χ4v) is 4.96. The summed E-state index contributed by atoms with van der Waals surface area (Å²) in [4.78, 5) is 15.0. The van der Waals surface area contributed by atoms with Gasteiger partial charge in [0.2, 0.25) is 0 Å². The first-order valence-electron chi connectivity index (χ1n) is 9.04. The lowest BCUT2D eigenvalue weighted by molar-refractivity contribution is 0.170. The van der Waals surface area contributed by atoms with Crippen molar-refractivity contribution in [2.24, 2.45) is 0 Å². The molecule has 1 aliphatic heterocycles. The highest BCUT2D eigenvalue weighted by molar-refractivity contribution is 7.16. The van der Waals surface area contributed by atoms with Crippen LogP contribution in [-0.2, 0) is 0 Å². The van der Waals surface area contributed by atoms with Crippen molar-refractivity contribution in [2.75, 3.05) is 5.32 Å². The van der Waals surface area contributed by atoms with Crippen LogP contribution in [-0.4, -0.2) is 32.1 Å². The molecule has 26 heavy (non-hydrogen) atoms. The van der Waals surface area contributed by atoms with E-state index in [4.69, 9.17) is 9.97 Å². The van der Waals surface area contributed by atoms with Gasteiger partial charge in [-0.2, -0.15) is 0 Å². The molecule has 4 heterocycles. The zero-order valence-electron chi connectivity index (χ0n) is 15.7. The molecule has 3 aromatic heterocycles. The van der Waals surface area contributed by atoms with E-state index in [0.29, 0.717) is 11.9 Å². The average molecular weight is 368 g/mol. The summed E-state index contributed by atoms with van der Waals surface area (Å²) < 4.78 is 0. The van der Waals surface area contributed by atoms with E-state index in [1.54, 1.807) is 17.5 Å². The largest absolute Gasteiger partial charge is 0.367 e. The summed E-state index contributed by atoms with van der Waals surface area (Å²) >= 11 is 1.64. The molecule has 0 saturated carbocycles. The summed E-state index contributed by atoms with van der Waals surface area (Å²) in [6.07, 6.45) is 3.87. The van der Waals surface area contributed by atoms with E-state index in [9.17, 15) is 0 Å². The Morgan fingerprint density at radius 2 is 1.85 bits per heavy atom. The Labute approximate surface area is 158 Å². The zero-order valence-corrected chi connectivity index (χ0v) is 16.5. The summed E-state index contributed by atoms with van der Waals surface area (Å²) in [7, 11) is 0. The van der Waals surface area contributed by atoms with Gasteiger partial charge in [0.1, 0.15) is 16.3 Å². The highest BCUT2D eigenvalue weighted by Crippen LogP contribution is 2.33. The van der Waals surface area contributed by atoms with Crippen molar-refractivity contribution in [1.29, 1.82) is 0 Å². The van der Waals surface area contributed by atoms with Crippen LogP contribution in [0, 0.1) is 0 Å². The molecule has 0 aromatic carbocycles. The van der Waals surface area contributed by atoms with E-state index in [2.05, 4.69) is 54.8 Å². The van der Waals surface area contributed by atoms with E-state index >= 15 is 0 Å². The van der Waals surface area contributed by atoms with E-state index in [1.165, 1.54) is 0 Å². The molecule has 0 aliphatic carbocycles. The van der Waals surface area contributed by atoms with Crippen molar-refractivity contribution in [3.05, 3.63) is 35.8 Å². The second kappa shape index (κ2) is 6.28. The minimum Gasteiger partial charge on any atom is -0.367 e. The Hall–Kier alpha value is -2.05. The molecule has 0 unspecified atom stereocenters. The van der Waals surface area contributed by atoms with Crippen molar-refractivity contribution >= 4 is 27.4 Å². The smallest absolute Gasteiger partial charge is 0.181 e. The quantitative estimate of drug-likeness (QED) is 0.715. The monoisotopic (exact) mass is 367 g/mol. The molecule has 1 fully saturated rings. The first kappa shape index (κ1) is 17.4. The third kappa shape index (κ3) is 3.57. The molecule has 0 spiro atoms. The second-order valence-corrected chi connectivity index (χ2v) is 9.29. The number of rotatable bonds is 3. The summed E-state index contributed by atoms with van der Waals surface area (Å²) in [6.45, 7) is 9.06. The molecule has 5 nitrogen and oxygen atoms in total. The lowest BCUT2D eigenvalue weighted by Gasteiger charge is -2.46. The number of pyridine rings is 1. The van der Waals surface area contributed by atoms with Crippen LogP contribution in [0.15, 0.2) is 35.8 Å². The molecular formula is C20H25N5S. The van der Waals surface area contributed by atoms with E-state index in [-0.39, 0.29) is 11.1 Å². The second-order valence-electron chi connectivity index (χ2n) is 8.39. The molecule has 6 heteroatoms. The highest BCUT2D eigenvalue weighted by atomic mass is 32.1. The van der Waals surface area contributed by atoms with Crippen LogP contribution < -0.4 is 10.6 Å². The summed E-state index contributed by atoms with van der Waals surface area (Å²) in [5.41, 5.74) is 0.977. The van der Waals surface area contributed by atoms with Crippen molar-refractivity contribution in [3.63, 3.8) is 0 Å². The maximum Gasteiger partial charge on any atom is 0.181 e. The van der Waals surface area contributed by atoms with Crippen LogP contribution in [0.25, 0.3) is 21.7 Å². The minimum absolute atomic E-state index is 0.0873. The third-order valence-corrected chi connectivity index (χ3v) is 5.56. The predicted molar refractivity (Wildman–Crippen MR) is 109 cm³/mol. The summed E-state index contributed by atoms with van der Waals surface area (Å²) in [5, 5.41) is 10.6. The number of fused-ring (bicyclic) bond motifs is 1. The van der Waals surface area contributed by atoms with Crippen LogP contribution in [0.3, 0.4) is 0 Å². The molecule has 0 radical (unpaired) electrons. The van der Waals surface area contributed by atoms with Gasteiger partial charge < -0.3 is 10.6 Å². The van der Waals surface area contributed by atoms with Crippen LogP contribution in [0.1, 0.15) is 40.5 Å². The van der Waals surface area contributed by atoms with Gasteiger partial charge in [-0.05, 0) is 64.1 Å². The third-order valence-electron chi connectivity index (χ3n) is 4.75. The number of nitrogens with zero attached hydrogens (tertiary/aromatic N) is 3. The van der Waals surface area contributed by atoms with Crippen molar-refractivity contribution in [1.82, 2.24) is 20.3 Å². The first-order chi connectivity index (χ1) is 12.3. The maximum atomic E-state index is 4.83. The average Bonchev–Trinajstić information content (AvgIpc) is 3.01. The molecule has 0 atom stereocenters. The molecule has 1 aliphatic rings. The standard InChI is InChI=1S/C20H25N5S/c1-19(2)11-13(12-20(3,4)25-19)22-16-14-8-10-26-18(14)24-17(23-16)15-7-5-6-9-21-15/h5-10,13,25H,11-12H2,1-4H3,(H,22,23,24). The predicted octanol–water partition coefficient (Wildman–Crippen LogP) is 4.47. The van der Waals surface area contributed by atoms with E-state index in [0.717, 1.165) is 34.6 Å².